The van der Waals surface area contributed by atoms with Gasteiger partial charge in [0.15, 0.2) is 5.03 Å². The van der Waals surface area contributed by atoms with Crippen LogP contribution in [0.3, 0.4) is 0 Å². The van der Waals surface area contributed by atoms with Crippen LogP contribution in [-0.2, 0) is 21.9 Å². The Morgan fingerprint density at radius 3 is 2.72 bits per heavy atom. The first-order valence-corrected chi connectivity index (χ1v) is 7.02. The van der Waals surface area contributed by atoms with Gasteiger partial charge in [-0.05, 0) is 19.8 Å². The number of imidazole rings is 1. The normalized spacial score (nSPS) is 21.3. The fourth-order valence-electron chi connectivity index (χ4n) is 2.05. The van der Waals surface area contributed by atoms with E-state index in [0.717, 1.165) is 4.31 Å². The molecule has 0 bridgehead atoms. The molecule has 1 saturated heterocycles. The van der Waals surface area contributed by atoms with Crippen molar-refractivity contribution >= 4 is 16.0 Å². The number of carboxylic acid groups (broad SMARTS) is 1. The van der Waals surface area contributed by atoms with E-state index in [2.05, 4.69) is 4.98 Å². The Balaban J connectivity index is 2.39. The molecular formula is C10H15N3O4S. The van der Waals surface area contributed by atoms with Gasteiger partial charge >= 0.3 is 5.97 Å². The molecule has 0 unspecified atom stereocenters. The monoisotopic (exact) mass is 273 g/mol. The molecule has 0 aromatic carbocycles. The number of carboxylic acids is 1. The number of aromatic nitrogens is 2. The summed E-state index contributed by atoms with van der Waals surface area (Å²) in [5.74, 6) is -0.539. The van der Waals surface area contributed by atoms with Gasteiger partial charge in [-0.25, -0.2) is 13.4 Å². The molecule has 1 aliphatic rings. The minimum Gasteiger partial charge on any atom is -0.480 e. The highest BCUT2D eigenvalue weighted by Crippen LogP contribution is 2.25. The van der Waals surface area contributed by atoms with E-state index in [4.69, 9.17) is 5.11 Å². The lowest BCUT2D eigenvalue weighted by atomic mass is 10.2. The third-order valence-electron chi connectivity index (χ3n) is 3.15. The van der Waals surface area contributed by atoms with Crippen LogP contribution in [0.15, 0.2) is 11.2 Å². The van der Waals surface area contributed by atoms with Gasteiger partial charge < -0.3 is 9.67 Å². The van der Waals surface area contributed by atoms with Crippen molar-refractivity contribution in [2.24, 2.45) is 7.05 Å². The zero-order valence-electron chi connectivity index (χ0n) is 10.2. The minimum atomic E-state index is -3.81. The number of aliphatic carboxylic acids is 1. The van der Waals surface area contributed by atoms with Crippen LogP contribution in [-0.4, -0.2) is 45.9 Å². The van der Waals surface area contributed by atoms with E-state index in [-0.39, 0.29) is 11.6 Å². The Hall–Kier alpha value is -1.41. The zero-order valence-corrected chi connectivity index (χ0v) is 11.0. The average Bonchev–Trinajstić information content (AvgIpc) is 2.87. The van der Waals surface area contributed by atoms with Gasteiger partial charge in [0.25, 0.3) is 10.0 Å². The Bertz CT molecular complexity index is 558. The summed E-state index contributed by atoms with van der Waals surface area (Å²) >= 11 is 0. The van der Waals surface area contributed by atoms with Gasteiger partial charge in [-0.3, -0.25) is 4.79 Å². The van der Waals surface area contributed by atoms with Crippen molar-refractivity contribution in [1.82, 2.24) is 13.9 Å². The van der Waals surface area contributed by atoms with Gasteiger partial charge in [0.1, 0.15) is 11.9 Å². The molecule has 2 heterocycles. The summed E-state index contributed by atoms with van der Waals surface area (Å²) in [4.78, 5) is 15.0. The summed E-state index contributed by atoms with van der Waals surface area (Å²) in [5.41, 5.74) is 0. The van der Waals surface area contributed by atoms with Gasteiger partial charge in [-0.15, -0.1) is 0 Å². The van der Waals surface area contributed by atoms with Crippen molar-refractivity contribution in [3.05, 3.63) is 12.0 Å². The SMILES string of the molecule is Cc1nc(S(=O)(=O)N2CCC[C@H]2C(=O)O)cn1C. The van der Waals surface area contributed by atoms with Gasteiger partial charge in [-0.2, -0.15) is 4.31 Å². The first-order valence-electron chi connectivity index (χ1n) is 5.58. The molecule has 1 fully saturated rings. The first kappa shape index (κ1) is 13.0. The molecule has 1 aliphatic heterocycles. The predicted molar refractivity (Wildman–Crippen MR) is 62.5 cm³/mol. The zero-order chi connectivity index (χ0) is 13.5. The second-order valence-corrected chi connectivity index (χ2v) is 6.19. The lowest BCUT2D eigenvalue weighted by Crippen LogP contribution is -2.40. The van der Waals surface area contributed by atoms with E-state index in [1.807, 2.05) is 0 Å². The van der Waals surface area contributed by atoms with Crippen LogP contribution >= 0.6 is 0 Å². The molecule has 0 spiro atoms. The number of hydrogen-bond acceptors (Lipinski definition) is 4. The molecule has 0 saturated carbocycles. The van der Waals surface area contributed by atoms with Crippen molar-refractivity contribution in [2.45, 2.75) is 30.8 Å². The lowest BCUT2D eigenvalue weighted by molar-refractivity contribution is -0.140. The number of aryl methyl sites for hydroxylation is 2. The van der Waals surface area contributed by atoms with Crippen molar-refractivity contribution in [1.29, 1.82) is 0 Å². The van der Waals surface area contributed by atoms with Crippen LogP contribution < -0.4 is 0 Å². The molecule has 0 radical (unpaired) electrons. The first-order chi connectivity index (χ1) is 8.34. The Morgan fingerprint density at radius 2 is 2.22 bits per heavy atom. The topological polar surface area (TPSA) is 92.5 Å². The number of carbonyl (C=O) groups is 1. The Kier molecular flexibility index (Phi) is 3.16. The van der Waals surface area contributed by atoms with Crippen LogP contribution in [0.4, 0.5) is 0 Å². The van der Waals surface area contributed by atoms with E-state index in [0.29, 0.717) is 18.7 Å². The maximum absolute atomic E-state index is 12.3. The molecule has 8 heteroatoms. The molecule has 7 nitrogen and oxygen atoms in total. The van der Waals surface area contributed by atoms with Crippen molar-refractivity contribution in [2.75, 3.05) is 6.54 Å². The Labute approximate surface area is 105 Å². The standard InChI is InChI=1S/C10H15N3O4S/c1-7-11-9(6-12(7)2)18(16,17)13-5-3-4-8(13)10(14)15/h6,8H,3-5H2,1-2H3,(H,14,15)/t8-/m0/s1. The molecule has 100 valence electrons. The van der Waals surface area contributed by atoms with Crippen molar-refractivity contribution in [3.63, 3.8) is 0 Å². The number of rotatable bonds is 3. The third kappa shape index (κ3) is 2.01. The van der Waals surface area contributed by atoms with Crippen LogP contribution in [0.1, 0.15) is 18.7 Å². The number of sulfonamides is 1. The predicted octanol–water partition coefficient (Wildman–Crippen LogP) is -0.0338. The summed E-state index contributed by atoms with van der Waals surface area (Å²) in [6.45, 7) is 1.92. The molecule has 1 aromatic heterocycles. The van der Waals surface area contributed by atoms with Crippen LogP contribution in [0.5, 0.6) is 0 Å². The summed E-state index contributed by atoms with van der Waals surface area (Å²) in [6, 6.07) is -0.975. The smallest absolute Gasteiger partial charge is 0.322 e. The van der Waals surface area contributed by atoms with E-state index in [9.17, 15) is 13.2 Å². The largest absolute Gasteiger partial charge is 0.480 e. The summed E-state index contributed by atoms with van der Waals surface area (Å²) in [6.07, 6.45) is 2.31. The highest BCUT2D eigenvalue weighted by molar-refractivity contribution is 7.89. The van der Waals surface area contributed by atoms with Gasteiger partial charge in [-0.1, -0.05) is 0 Å². The Morgan fingerprint density at radius 1 is 1.56 bits per heavy atom. The second kappa shape index (κ2) is 4.36. The van der Waals surface area contributed by atoms with Crippen LogP contribution in [0.25, 0.3) is 0 Å². The fourth-order valence-corrected chi connectivity index (χ4v) is 3.72. The van der Waals surface area contributed by atoms with Crippen molar-refractivity contribution in [3.8, 4) is 0 Å². The molecule has 18 heavy (non-hydrogen) atoms. The van der Waals surface area contributed by atoms with Gasteiger partial charge in [0.2, 0.25) is 0 Å². The maximum Gasteiger partial charge on any atom is 0.322 e. The van der Waals surface area contributed by atoms with Gasteiger partial charge in [0.05, 0.1) is 0 Å². The molecule has 1 N–H and O–H groups in total. The lowest BCUT2D eigenvalue weighted by Gasteiger charge is -2.19. The number of hydrogen-bond donors (Lipinski definition) is 1. The van der Waals surface area contributed by atoms with Crippen LogP contribution in [0.2, 0.25) is 0 Å². The molecule has 0 amide bonds. The van der Waals surface area contributed by atoms with E-state index < -0.39 is 22.0 Å². The fraction of sp³-hybridized carbons (Fsp3) is 0.600. The van der Waals surface area contributed by atoms with Gasteiger partial charge in [0, 0.05) is 19.8 Å². The molecular weight excluding hydrogens is 258 g/mol. The average molecular weight is 273 g/mol. The third-order valence-corrected chi connectivity index (χ3v) is 4.93. The summed E-state index contributed by atoms with van der Waals surface area (Å²) < 4.78 is 27.2. The second-order valence-electron chi connectivity index (χ2n) is 4.35. The molecule has 0 aliphatic carbocycles. The molecule has 1 atom stereocenters. The van der Waals surface area contributed by atoms with E-state index in [1.165, 1.54) is 6.20 Å². The quantitative estimate of drug-likeness (QED) is 0.834. The van der Waals surface area contributed by atoms with E-state index >= 15 is 0 Å². The van der Waals surface area contributed by atoms with Crippen molar-refractivity contribution < 1.29 is 18.3 Å². The number of nitrogens with zero attached hydrogens (tertiary/aromatic N) is 3. The van der Waals surface area contributed by atoms with Crippen LogP contribution in [0, 0.1) is 6.92 Å². The van der Waals surface area contributed by atoms with E-state index in [1.54, 1.807) is 18.5 Å². The maximum atomic E-state index is 12.3. The highest BCUT2D eigenvalue weighted by atomic mass is 32.2. The summed E-state index contributed by atoms with van der Waals surface area (Å²) in [5, 5.41) is 8.93. The molecule has 1 aromatic rings. The molecule has 2 rings (SSSR count). The summed E-state index contributed by atoms with van der Waals surface area (Å²) in [7, 11) is -2.12. The minimum absolute atomic E-state index is 0.0874. The highest BCUT2D eigenvalue weighted by Gasteiger charge is 2.40.